The first-order valence-electron chi connectivity index (χ1n) is 10.1. The summed E-state index contributed by atoms with van der Waals surface area (Å²) in [5.74, 6) is 0.815. The topological polar surface area (TPSA) is 59.7 Å². The van der Waals surface area contributed by atoms with Crippen molar-refractivity contribution in [2.75, 3.05) is 12.0 Å². The Balaban J connectivity index is 1.66. The van der Waals surface area contributed by atoms with Crippen LogP contribution in [0.5, 0.6) is 5.75 Å². The first-order valence-corrected chi connectivity index (χ1v) is 11.3. The molecule has 0 atom stereocenters. The third-order valence-electron chi connectivity index (χ3n) is 4.88. The van der Waals surface area contributed by atoms with Gasteiger partial charge in [-0.05, 0) is 48.4 Å². The number of fused-ring (bicyclic) bond motifs is 1. The van der Waals surface area contributed by atoms with Gasteiger partial charge in [0, 0.05) is 29.7 Å². The molecule has 0 fully saturated rings. The first kappa shape index (κ1) is 21.3. The molecule has 8 heteroatoms. The maximum Gasteiger partial charge on any atom is 0.275 e. The molecule has 0 aliphatic heterocycles. The minimum Gasteiger partial charge on any atom is -0.497 e. The van der Waals surface area contributed by atoms with Crippen molar-refractivity contribution in [1.29, 1.82) is 0 Å². The number of halogens is 1. The van der Waals surface area contributed by atoms with E-state index in [0.29, 0.717) is 28.8 Å². The van der Waals surface area contributed by atoms with Crippen molar-refractivity contribution in [1.82, 2.24) is 14.6 Å². The zero-order chi connectivity index (χ0) is 21.8. The van der Waals surface area contributed by atoms with E-state index >= 15 is 0 Å². The van der Waals surface area contributed by atoms with Crippen LogP contribution in [0, 0.1) is 0 Å². The average molecular weight is 455 g/mol. The predicted octanol–water partition coefficient (Wildman–Crippen LogP) is 4.97. The van der Waals surface area contributed by atoms with E-state index in [1.807, 2.05) is 48.5 Å². The van der Waals surface area contributed by atoms with Crippen molar-refractivity contribution < 1.29 is 4.74 Å². The highest BCUT2D eigenvalue weighted by molar-refractivity contribution is 7.16. The summed E-state index contributed by atoms with van der Waals surface area (Å²) in [6.45, 7) is 3.23. The molecule has 0 N–H and O–H groups in total. The Hall–Kier alpha value is -2.90. The predicted molar refractivity (Wildman–Crippen MR) is 125 cm³/mol. The van der Waals surface area contributed by atoms with E-state index in [0.717, 1.165) is 34.8 Å². The quantitative estimate of drug-likeness (QED) is 0.376. The Morgan fingerprint density at radius 1 is 1.10 bits per heavy atom. The lowest BCUT2D eigenvalue weighted by Crippen LogP contribution is -2.25. The lowest BCUT2D eigenvalue weighted by atomic mass is 10.1. The highest BCUT2D eigenvalue weighted by Gasteiger charge is 2.14. The molecule has 2 heterocycles. The second-order valence-corrected chi connectivity index (χ2v) is 8.68. The number of methoxy groups -OCH3 is 1. The Labute approximate surface area is 189 Å². The fourth-order valence-electron chi connectivity index (χ4n) is 3.33. The zero-order valence-electron chi connectivity index (χ0n) is 17.4. The van der Waals surface area contributed by atoms with Gasteiger partial charge in [0.25, 0.3) is 5.56 Å². The Morgan fingerprint density at radius 2 is 1.84 bits per heavy atom. The van der Waals surface area contributed by atoms with Crippen LogP contribution < -0.4 is 15.2 Å². The van der Waals surface area contributed by atoms with Crippen LogP contribution in [0.25, 0.3) is 4.96 Å². The molecule has 0 amide bonds. The Morgan fingerprint density at radius 3 is 2.52 bits per heavy atom. The van der Waals surface area contributed by atoms with Gasteiger partial charge in [-0.3, -0.25) is 4.79 Å². The summed E-state index contributed by atoms with van der Waals surface area (Å²) in [5, 5.41) is 6.00. The summed E-state index contributed by atoms with van der Waals surface area (Å²) in [5.41, 5.74) is 2.68. The SMILES string of the molecule is CCCc1nn2c(=O)cc(CN(Cc3ccc(OC)cc3)c3ccc(Cl)cc3)nc2s1. The molecule has 0 radical (unpaired) electrons. The van der Waals surface area contributed by atoms with Gasteiger partial charge in [-0.2, -0.15) is 9.61 Å². The number of hydrogen-bond donors (Lipinski definition) is 0. The van der Waals surface area contributed by atoms with Crippen molar-refractivity contribution in [3.8, 4) is 5.75 Å². The first-order chi connectivity index (χ1) is 15.1. The van der Waals surface area contributed by atoms with E-state index in [1.54, 1.807) is 13.2 Å². The third-order valence-corrected chi connectivity index (χ3v) is 6.10. The molecule has 6 nitrogen and oxygen atoms in total. The molecule has 160 valence electrons. The summed E-state index contributed by atoms with van der Waals surface area (Å²) >= 11 is 7.56. The maximum atomic E-state index is 12.6. The largest absolute Gasteiger partial charge is 0.497 e. The zero-order valence-corrected chi connectivity index (χ0v) is 19.0. The van der Waals surface area contributed by atoms with Gasteiger partial charge >= 0.3 is 0 Å². The van der Waals surface area contributed by atoms with Gasteiger partial charge in [0.1, 0.15) is 10.8 Å². The van der Waals surface area contributed by atoms with Gasteiger partial charge < -0.3 is 9.64 Å². The normalized spacial score (nSPS) is 11.1. The Kier molecular flexibility index (Phi) is 6.53. The van der Waals surface area contributed by atoms with E-state index < -0.39 is 0 Å². The highest BCUT2D eigenvalue weighted by atomic mass is 35.5. The van der Waals surface area contributed by atoms with Gasteiger partial charge in [-0.25, -0.2) is 4.98 Å². The molecule has 2 aromatic carbocycles. The molecular formula is C23H23ClN4O2S. The highest BCUT2D eigenvalue weighted by Crippen LogP contribution is 2.23. The number of aryl methyl sites for hydroxylation is 1. The Bertz CT molecular complexity index is 1220. The number of hydrogen-bond acceptors (Lipinski definition) is 6. The van der Waals surface area contributed by atoms with Gasteiger partial charge in [-0.1, -0.05) is 42.0 Å². The summed E-state index contributed by atoms with van der Waals surface area (Å²) in [6.07, 6.45) is 1.82. The molecule has 0 spiro atoms. The van der Waals surface area contributed by atoms with Crippen molar-refractivity contribution in [2.45, 2.75) is 32.9 Å². The molecular weight excluding hydrogens is 432 g/mol. The molecule has 0 aliphatic rings. The number of rotatable bonds is 8. The number of benzene rings is 2. The average Bonchev–Trinajstić information content (AvgIpc) is 3.18. The number of anilines is 1. The van der Waals surface area contributed by atoms with E-state index in [1.165, 1.54) is 15.9 Å². The lowest BCUT2D eigenvalue weighted by Gasteiger charge is -2.25. The second kappa shape index (κ2) is 9.49. The second-order valence-electron chi connectivity index (χ2n) is 7.21. The molecule has 0 bridgehead atoms. The lowest BCUT2D eigenvalue weighted by molar-refractivity contribution is 0.414. The van der Waals surface area contributed by atoms with Gasteiger partial charge in [0.2, 0.25) is 4.96 Å². The van der Waals surface area contributed by atoms with Gasteiger partial charge in [0.05, 0.1) is 19.3 Å². The van der Waals surface area contributed by atoms with Crippen LogP contribution in [0.4, 0.5) is 5.69 Å². The molecule has 0 aliphatic carbocycles. The van der Waals surface area contributed by atoms with Crippen molar-refractivity contribution >= 4 is 33.6 Å². The van der Waals surface area contributed by atoms with Crippen LogP contribution in [-0.4, -0.2) is 21.7 Å². The molecule has 2 aromatic heterocycles. The van der Waals surface area contributed by atoms with E-state index in [2.05, 4.69) is 16.9 Å². The van der Waals surface area contributed by atoms with Crippen LogP contribution in [0.3, 0.4) is 0 Å². The van der Waals surface area contributed by atoms with Gasteiger partial charge in [0.15, 0.2) is 0 Å². The van der Waals surface area contributed by atoms with Crippen molar-refractivity contribution in [3.05, 3.63) is 86.2 Å². The van der Waals surface area contributed by atoms with Crippen LogP contribution in [0.15, 0.2) is 59.4 Å². The molecule has 0 saturated carbocycles. The standard InChI is InChI=1S/C23H23ClN4O2S/c1-3-4-21-26-28-22(29)13-18(25-23(28)31-21)15-27(19-9-7-17(24)8-10-19)14-16-5-11-20(30-2)12-6-16/h5-13H,3-4,14-15H2,1-2H3. The molecule has 0 unspecified atom stereocenters. The minimum atomic E-state index is -0.154. The third kappa shape index (κ3) is 5.06. The molecule has 0 saturated heterocycles. The summed E-state index contributed by atoms with van der Waals surface area (Å²) in [7, 11) is 1.65. The number of ether oxygens (including phenoxy) is 1. The summed E-state index contributed by atoms with van der Waals surface area (Å²) < 4.78 is 6.66. The van der Waals surface area contributed by atoms with E-state index in [9.17, 15) is 4.79 Å². The molecule has 31 heavy (non-hydrogen) atoms. The molecule has 4 rings (SSSR count). The summed E-state index contributed by atoms with van der Waals surface area (Å²) in [6, 6.07) is 17.2. The van der Waals surface area contributed by atoms with Crippen molar-refractivity contribution in [3.63, 3.8) is 0 Å². The van der Waals surface area contributed by atoms with E-state index in [4.69, 9.17) is 21.3 Å². The fraction of sp³-hybridized carbons (Fsp3) is 0.261. The summed E-state index contributed by atoms with van der Waals surface area (Å²) in [4.78, 5) is 20.1. The van der Waals surface area contributed by atoms with Crippen LogP contribution >= 0.6 is 22.9 Å². The molecule has 4 aromatic rings. The fourth-order valence-corrected chi connectivity index (χ4v) is 4.47. The smallest absolute Gasteiger partial charge is 0.275 e. The monoisotopic (exact) mass is 454 g/mol. The van der Waals surface area contributed by atoms with Crippen LogP contribution in [0.2, 0.25) is 5.02 Å². The maximum absolute atomic E-state index is 12.6. The number of nitrogens with zero attached hydrogens (tertiary/aromatic N) is 4. The van der Waals surface area contributed by atoms with Gasteiger partial charge in [-0.15, -0.1) is 0 Å². The van der Waals surface area contributed by atoms with Crippen LogP contribution in [0.1, 0.15) is 29.6 Å². The minimum absolute atomic E-state index is 0.154. The number of aromatic nitrogens is 3. The van der Waals surface area contributed by atoms with E-state index in [-0.39, 0.29) is 5.56 Å². The van der Waals surface area contributed by atoms with Crippen molar-refractivity contribution in [2.24, 2.45) is 0 Å². The van der Waals surface area contributed by atoms with Crippen LogP contribution in [-0.2, 0) is 19.5 Å².